The molecule has 0 saturated carbocycles. The lowest BCUT2D eigenvalue weighted by atomic mass is 10.3. The number of halogens is 2. The molecule has 5 nitrogen and oxygen atoms in total. The summed E-state index contributed by atoms with van der Waals surface area (Å²) in [6.07, 6.45) is 3.90. The lowest BCUT2D eigenvalue weighted by Gasteiger charge is -2.15. The maximum atomic E-state index is 13.6. The molecule has 7 heteroatoms. The average molecular weight is 473 g/mol. The Kier molecular flexibility index (Phi) is 10.5. The Morgan fingerprint density at radius 2 is 2.12 bits per heavy atom. The van der Waals surface area contributed by atoms with E-state index >= 15 is 0 Å². The zero-order valence-electron chi connectivity index (χ0n) is 14.8. The molecule has 142 valence electrons. The minimum atomic E-state index is -0.375. The van der Waals surface area contributed by atoms with E-state index in [4.69, 9.17) is 9.15 Å². The number of nitrogens with one attached hydrogen (secondary N) is 2. The molecule has 1 unspecified atom stereocenters. The van der Waals surface area contributed by atoms with Crippen LogP contribution >= 0.6 is 24.0 Å². The maximum Gasteiger partial charge on any atom is 0.191 e. The fourth-order valence-electron chi connectivity index (χ4n) is 2.12. The molecule has 0 spiro atoms. The monoisotopic (exact) mass is 473 g/mol. The van der Waals surface area contributed by atoms with E-state index in [1.807, 2.05) is 19.1 Å². The number of nitrogens with zero attached hydrogens (tertiary/aromatic N) is 1. The molecule has 0 radical (unpaired) electrons. The summed E-state index contributed by atoms with van der Waals surface area (Å²) in [6, 6.07) is 10.1. The van der Waals surface area contributed by atoms with Crippen molar-refractivity contribution in [2.24, 2.45) is 4.99 Å². The Morgan fingerprint density at radius 3 is 2.81 bits per heavy atom. The van der Waals surface area contributed by atoms with Crippen LogP contribution in [0.25, 0.3) is 0 Å². The first-order valence-electron chi connectivity index (χ1n) is 8.25. The topological polar surface area (TPSA) is 58.8 Å². The fraction of sp³-hybridized carbons (Fsp3) is 0.316. The van der Waals surface area contributed by atoms with Crippen LogP contribution in [0.5, 0.6) is 5.75 Å². The van der Waals surface area contributed by atoms with Gasteiger partial charge in [0.15, 0.2) is 17.5 Å². The number of hydrogen-bond acceptors (Lipinski definition) is 3. The van der Waals surface area contributed by atoms with Gasteiger partial charge in [-0.15, -0.1) is 30.6 Å². The van der Waals surface area contributed by atoms with Crippen molar-refractivity contribution in [1.29, 1.82) is 0 Å². The molecular formula is C19H25FIN3O2. The SMILES string of the molecule is C=CCNC(=NCC(C)Oc1ccccc1F)NCCc1ccco1.I. The molecule has 26 heavy (non-hydrogen) atoms. The quantitative estimate of drug-likeness (QED) is 0.252. The molecule has 2 N–H and O–H groups in total. The maximum absolute atomic E-state index is 13.6. The number of guanidine groups is 1. The van der Waals surface area contributed by atoms with Crippen LogP contribution in [0.3, 0.4) is 0 Å². The fourth-order valence-corrected chi connectivity index (χ4v) is 2.12. The number of benzene rings is 1. The van der Waals surface area contributed by atoms with Crippen molar-refractivity contribution in [3.63, 3.8) is 0 Å². The van der Waals surface area contributed by atoms with Gasteiger partial charge in [0.05, 0.1) is 12.8 Å². The molecule has 0 aliphatic carbocycles. The third-order valence-corrected chi connectivity index (χ3v) is 3.33. The van der Waals surface area contributed by atoms with Crippen LogP contribution in [0.15, 0.2) is 64.7 Å². The number of furan rings is 1. The Morgan fingerprint density at radius 1 is 1.31 bits per heavy atom. The van der Waals surface area contributed by atoms with E-state index in [0.717, 1.165) is 12.2 Å². The largest absolute Gasteiger partial charge is 0.486 e. The van der Waals surface area contributed by atoms with Gasteiger partial charge >= 0.3 is 0 Å². The molecule has 2 aromatic rings. The zero-order valence-corrected chi connectivity index (χ0v) is 17.1. The second kappa shape index (κ2) is 12.3. The molecule has 1 heterocycles. The van der Waals surface area contributed by atoms with Crippen LogP contribution in [0.1, 0.15) is 12.7 Å². The van der Waals surface area contributed by atoms with Crippen molar-refractivity contribution >= 4 is 29.9 Å². The smallest absolute Gasteiger partial charge is 0.191 e. The van der Waals surface area contributed by atoms with Gasteiger partial charge in [0.2, 0.25) is 0 Å². The number of para-hydroxylation sites is 1. The standard InChI is InChI=1S/C19H24FN3O2.HI/c1-3-11-21-19(22-12-10-16-7-6-13-24-16)23-14-15(2)25-18-9-5-4-8-17(18)20;/h3-9,13,15H,1,10-12,14H2,2H3,(H2,21,22,23);1H. The summed E-state index contributed by atoms with van der Waals surface area (Å²) in [5.41, 5.74) is 0. The number of ether oxygens (including phenoxy) is 1. The highest BCUT2D eigenvalue weighted by atomic mass is 127. The molecule has 2 rings (SSSR count). The third-order valence-electron chi connectivity index (χ3n) is 3.33. The first kappa shape index (κ1) is 22.0. The van der Waals surface area contributed by atoms with Crippen LogP contribution in [-0.4, -0.2) is 31.7 Å². The van der Waals surface area contributed by atoms with Crippen molar-refractivity contribution in [3.8, 4) is 5.75 Å². The highest BCUT2D eigenvalue weighted by molar-refractivity contribution is 14.0. The van der Waals surface area contributed by atoms with Crippen molar-refractivity contribution < 1.29 is 13.5 Å². The normalized spacial score (nSPS) is 12.0. The van der Waals surface area contributed by atoms with E-state index in [1.165, 1.54) is 6.07 Å². The zero-order chi connectivity index (χ0) is 17.9. The average Bonchev–Trinajstić information content (AvgIpc) is 3.12. The minimum Gasteiger partial charge on any atom is -0.486 e. The molecular weight excluding hydrogens is 448 g/mol. The van der Waals surface area contributed by atoms with E-state index in [9.17, 15) is 4.39 Å². The van der Waals surface area contributed by atoms with Crippen molar-refractivity contribution in [2.45, 2.75) is 19.4 Å². The molecule has 0 saturated heterocycles. The van der Waals surface area contributed by atoms with Crippen LogP contribution in [-0.2, 0) is 6.42 Å². The summed E-state index contributed by atoms with van der Waals surface area (Å²) in [5.74, 6) is 1.42. The summed E-state index contributed by atoms with van der Waals surface area (Å²) < 4.78 is 24.5. The van der Waals surface area contributed by atoms with E-state index in [1.54, 1.807) is 30.5 Å². The predicted molar refractivity (Wildman–Crippen MR) is 113 cm³/mol. The molecule has 0 bridgehead atoms. The third kappa shape index (κ3) is 7.90. The molecule has 0 amide bonds. The van der Waals surface area contributed by atoms with Crippen LogP contribution in [0.4, 0.5) is 4.39 Å². The van der Waals surface area contributed by atoms with Crippen molar-refractivity contribution in [1.82, 2.24) is 10.6 Å². The summed E-state index contributed by atoms with van der Waals surface area (Å²) >= 11 is 0. The molecule has 1 aromatic carbocycles. The number of hydrogen-bond donors (Lipinski definition) is 2. The second-order valence-corrected chi connectivity index (χ2v) is 5.47. The van der Waals surface area contributed by atoms with Gasteiger partial charge in [-0.25, -0.2) is 9.38 Å². The van der Waals surface area contributed by atoms with Gasteiger partial charge in [-0.05, 0) is 31.2 Å². The van der Waals surface area contributed by atoms with Gasteiger partial charge in [-0.3, -0.25) is 0 Å². The Hall–Kier alpha value is -2.03. The molecule has 0 aliphatic heterocycles. The highest BCUT2D eigenvalue weighted by Crippen LogP contribution is 2.16. The first-order valence-corrected chi connectivity index (χ1v) is 8.25. The second-order valence-electron chi connectivity index (χ2n) is 5.47. The lowest BCUT2D eigenvalue weighted by molar-refractivity contribution is 0.220. The highest BCUT2D eigenvalue weighted by Gasteiger charge is 2.08. The van der Waals surface area contributed by atoms with Gasteiger partial charge in [0.1, 0.15) is 11.9 Å². The van der Waals surface area contributed by atoms with E-state index in [2.05, 4.69) is 22.2 Å². The number of rotatable bonds is 9. The van der Waals surface area contributed by atoms with Crippen LogP contribution in [0, 0.1) is 5.82 Å². The molecule has 0 fully saturated rings. The molecule has 0 aliphatic rings. The van der Waals surface area contributed by atoms with Crippen molar-refractivity contribution in [2.75, 3.05) is 19.6 Å². The van der Waals surface area contributed by atoms with Gasteiger partial charge < -0.3 is 19.8 Å². The van der Waals surface area contributed by atoms with E-state index in [0.29, 0.717) is 25.6 Å². The Balaban J connectivity index is 0.00000338. The molecule has 1 atom stereocenters. The summed E-state index contributed by atoms with van der Waals surface area (Å²) in [5, 5.41) is 6.37. The van der Waals surface area contributed by atoms with Gasteiger partial charge in [0, 0.05) is 19.5 Å². The van der Waals surface area contributed by atoms with E-state index in [-0.39, 0.29) is 41.6 Å². The van der Waals surface area contributed by atoms with Crippen LogP contribution < -0.4 is 15.4 Å². The summed E-state index contributed by atoms with van der Waals surface area (Å²) in [6.45, 7) is 7.20. The van der Waals surface area contributed by atoms with Gasteiger partial charge in [-0.2, -0.15) is 0 Å². The Bertz CT molecular complexity index is 677. The van der Waals surface area contributed by atoms with Gasteiger partial charge in [-0.1, -0.05) is 18.2 Å². The lowest BCUT2D eigenvalue weighted by Crippen LogP contribution is -2.39. The van der Waals surface area contributed by atoms with Gasteiger partial charge in [0.25, 0.3) is 0 Å². The first-order chi connectivity index (χ1) is 12.2. The van der Waals surface area contributed by atoms with E-state index < -0.39 is 0 Å². The Labute approximate surface area is 170 Å². The predicted octanol–water partition coefficient (Wildman–Crippen LogP) is 3.77. The van der Waals surface area contributed by atoms with Crippen molar-refractivity contribution in [3.05, 3.63) is 66.9 Å². The minimum absolute atomic E-state index is 0. The van der Waals surface area contributed by atoms with Crippen LogP contribution in [0.2, 0.25) is 0 Å². The number of aliphatic imine (C=N–C) groups is 1. The molecule has 1 aromatic heterocycles. The summed E-state index contributed by atoms with van der Waals surface area (Å²) in [4.78, 5) is 4.47. The summed E-state index contributed by atoms with van der Waals surface area (Å²) in [7, 11) is 0.